The highest BCUT2D eigenvalue weighted by atomic mass is 16.5. The summed E-state index contributed by atoms with van der Waals surface area (Å²) < 4.78 is 5.67. The predicted molar refractivity (Wildman–Crippen MR) is 107 cm³/mol. The molecule has 1 aromatic rings. The summed E-state index contributed by atoms with van der Waals surface area (Å²) in [6.45, 7) is 7.55. The molecule has 1 heterocycles. The molecule has 0 bridgehead atoms. The summed E-state index contributed by atoms with van der Waals surface area (Å²) in [6.07, 6.45) is 1.26. The maximum atomic E-state index is 12.2. The molecular formula is C21H31N3O4. The normalized spacial score (nSPS) is 16.4. The fourth-order valence-corrected chi connectivity index (χ4v) is 3.16. The minimum Gasteiger partial charge on any atom is -0.493 e. The Morgan fingerprint density at radius 3 is 2.61 bits per heavy atom. The van der Waals surface area contributed by atoms with E-state index in [1.165, 1.54) is 0 Å². The summed E-state index contributed by atoms with van der Waals surface area (Å²) >= 11 is 0. The Kier molecular flexibility index (Phi) is 8.29. The van der Waals surface area contributed by atoms with Crippen LogP contribution in [0.25, 0.3) is 0 Å². The van der Waals surface area contributed by atoms with Gasteiger partial charge in [0.2, 0.25) is 17.7 Å². The molecule has 0 aromatic heterocycles. The van der Waals surface area contributed by atoms with Gasteiger partial charge in [0.05, 0.1) is 12.5 Å². The number of para-hydroxylation sites is 1. The van der Waals surface area contributed by atoms with Gasteiger partial charge in [0, 0.05) is 38.5 Å². The molecule has 3 amide bonds. The number of ether oxygens (including phenoxy) is 1. The van der Waals surface area contributed by atoms with Crippen LogP contribution in [0.2, 0.25) is 0 Å². The average molecular weight is 389 g/mol. The van der Waals surface area contributed by atoms with Crippen LogP contribution in [0, 0.1) is 12.8 Å². The molecule has 1 aromatic carbocycles. The Morgan fingerprint density at radius 2 is 1.93 bits per heavy atom. The molecule has 1 fully saturated rings. The third-order valence-corrected chi connectivity index (χ3v) is 4.80. The number of hydrogen-bond donors (Lipinski definition) is 2. The van der Waals surface area contributed by atoms with Gasteiger partial charge >= 0.3 is 0 Å². The lowest BCUT2D eigenvalue weighted by molar-refractivity contribution is -0.129. The topological polar surface area (TPSA) is 87.7 Å². The molecule has 1 unspecified atom stereocenters. The molecule has 1 atom stereocenters. The van der Waals surface area contributed by atoms with Crippen LogP contribution < -0.4 is 15.4 Å². The standard InChI is InChI=1S/C21H31N3O4/c1-15(2)24-14-17(13-20(24)26)21(27)23-11-10-22-19(25)9-6-12-28-18-8-5-4-7-16(18)3/h4-5,7-8,15,17H,6,9-14H2,1-3H3,(H,22,25)(H,23,27). The van der Waals surface area contributed by atoms with E-state index in [9.17, 15) is 14.4 Å². The molecule has 1 aliphatic heterocycles. The molecule has 0 aliphatic carbocycles. The molecule has 2 N–H and O–H groups in total. The van der Waals surface area contributed by atoms with Crippen molar-refractivity contribution in [3.63, 3.8) is 0 Å². The summed E-state index contributed by atoms with van der Waals surface area (Å²) in [7, 11) is 0. The van der Waals surface area contributed by atoms with Crippen molar-refractivity contribution in [2.75, 3.05) is 26.2 Å². The number of hydrogen-bond acceptors (Lipinski definition) is 4. The Balaban J connectivity index is 1.54. The summed E-state index contributed by atoms with van der Waals surface area (Å²) in [5, 5.41) is 5.59. The van der Waals surface area contributed by atoms with E-state index in [0.29, 0.717) is 39.1 Å². The van der Waals surface area contributed by atoms with Gasteiger partial charge in [-0.25, -0.2) is 0 Å². The van der Waals surface area contributed by atoms with Crippen molar-refractivity contribution in [2.24, 2.45) is 5.92 Å². The van der Waals surface area contributed by atoms with Crippen molar-refractivity contribution < 1.29 is 19.1 Å². The maximum absolute atomic E-state index is 12.2. The average Bonchev–Trinajstić information content (AvgIpc) is 3.05. The number of carbonyl (C=O) groups excluding carboxylic acids is 3. The molecule has 154 valence electrons. The number of nitrogens with one attached hydrogen (secondary N) is 2. The molecule has 2 rings (SSSR count). The number of likely N-dealkylation sites (tertiary alicyclic amines) is 1. The second-order valence-electron chi connectivity index (χ2n) is 7.40. The number of rotatable bonds is 10. The van der Waals surface area contributed by atoms with Gasteiger partial charge in [-0.15, -0.1) is 0 Å². The highest BCUT2D eigenvalue weighted by Gasteiger charge is 2.35. The van der Waals surface area contributed by atoms with Crippen molar-refractivity contribution in [2.45, 2.75) is 46.1 Å². The first kappa shape index (κ1) is 21.7. The molecule has 1 aliphatic rings. The zero-order valence-corrected chi connectivity index (χ0v) is 17.0. The van der Waals surface area contributed by atoms with Crippen molar-refractivity contribution in [3.05, 3.63) is 29.8 Å². The molecule has 0 saturated carbocycles. The van der Waals surface area contributed by atoms with Crippen molar-refractivity contribution in [3.8, 4) is 5.75 Å². The van der Waals surface area contributed by atoms with Crippen LogP contribution in [0.1, 0.15) is 38.7 Å². The lowest BCUT2D eigenvalue weighted by Crippen LogP contribution is -2.39. The van der Waals surface area contributed by atoms with Gasteiger partial charge in [-0.05, 0) is 38.8 Å². The van der Waals surface area contributed by atoms with E-state index in [0.717, 1.165) is 11.3 Å². The second kappa shape index (κ2) is 10.7. The van der Waals surface area contributed by atoms with Gasteiger partial charge in [-0.2, -0.15) is 0 Å². The first-order chi connectivity index (χ1) is 13.4. The quantitative estimate of drug-likeness (QED) is 0.596. The van der Waals surface area contributed by atoms with Gasteiger partial charge in [0.1, 0.15) is 5.75 Å². The molecular weight excluding hydrogens is 358 g/mol. The van der Waals surface area contributed by atoms with Crippen LogP contribution in [0.3, 0.4) is 0 Å². The van der Waals surface area contributed by atoms with Crippen LogP contribution in [0.5, 0.6) is 5.75 Å². The zero-order chi connectivity index (χ0) is 20.5. The van der Waals surface area contributed by atoms with Gasteiger partial charge in [0.15, 0.2) is 0 Å². The smallest absolute Gasteiger partial charge is 0.225 e. The number of nitrogens with zero attached hydrogens (tertiary/aromatic N) is 1. The van der Waals surface area contributed by atoms with Crippen LogP contribution in [0.4, 0.5) is 0 Å². The van der Waals surface area contributed by atoms with Crippen LogP contribution in [0.15, 0.2) is 24.3 Å². The molecule has 7 heteroatoms. The predicted octanol–water partition coefficient (Wildman–Crippen LogP) is 1.64. The van der Waals surface area contributed by atoms with Crippen LogP contribution >= 0.6 is 0 Å². The first-order valence-electron chi connectivity index (χ1n) is 9.90. The lowest BCUT2D eigenvalue weighted by atomic mass is 10.1. The van der Waals surface area contributed by atoms with E-state index >= 15 is 0 Å². The Bertz CT molecular complexity index is 690. The van der Waals surface area contributed by atoms with E-state index in [4.69, 9.17) is 4.74 Å². The van der Waals surface area contributed by atoms with E-state index in [1.807, 2.05) is 45.0 Å². The van der Waals surface area contributed by atoms with Gasteiger partial charge in [-0.1, -0.05) is 18.2 Å². The van der Waals surface area contributed by atoms with Crippen LogP contribution in [-0.4, -0.2) is 54.9 Å². The van der Waals surface area contributed by atoms with E-state index in [1.54, 1.807) is 4.90 Å². The largest absolute Gasteiger partial charge is 0.493 e. The van der Waals surface area contributed by atoms with Gasteiger partial charge in [-0.3, -0.25) is 14.4 Å². The number of carbonyl (C=O) groups is 3. The van der Waals surface area contributed by atoms with Crippen molar-refractivity contribution in [1.29, 1.82) is 0 Å². The third kappa shape index (κ3) is 6.55. The second-order valence-corrected chi connectivity index (χ2v) is 7.40. The molecule has 0 radical (unpaired) electrons. The summed E-state index contributed by atoms with van der Waals surface area (Å²) in [6, 6.07) is 7.89. The highest BCUT2D eigenvalue weighted by Crippen LogP contribution is 2.20. The summed E-state index contributed by atoms with van der Waals surface area (Å²) in [5.41, 5.74) is 1.07. The van der Waals surface area contributed by atoms with E-state index < -0.39 is 0 Å². The van der Waals surface area contributed by atoms with Gasteiger partial charge in [0.25, 0.3) is 0 Å². The van der Waals surface area contributed by atoms with Gasteiger partial charge < -0.3 is 20.3 Å². The fraction of sp³-hybridized carbons (Fsp3) is 0.571. The van der Waals surface area contributed by atoms with Crippen LogP contribution in [-0.2, 0) is 14.4 Å². The molecule has 0 spiro atoms. The van der Waals surface area contributed by atoms with Crippen molar-refractivity contribution in [1.82, 2.24) is 15.5 Å². The Morgan fingerprint density at radius 1 is 1.21 bits per heavy atom. The summed E-state index contributed by atoms with van der Waals surface area (Å²) in [4.78, 5) is 37.6. The van der Waals surface area contributed by atoms with E-state index in [-0.39, 0.29) is 36.1 Å². The van der Waals surface area contributed by atoms with E-state index in [2.05, 4.69) is 10.6 Å². The lowest BCUT2D eigenvalue weighted by Gasteiger charge is -2.20. The Hall–Kier alpha value is -2.57. The minimum absolute atomic E-state index is 0.0244. The molecule has 28 heavy (non-hydrogen) atoms. The van der Waals surface area contributed by atoms with Crippen molar-refractivity contribution >= 4 is 17.7 Å². The number of aryl methyl sites for hydroxylation is 1. The summed E-state index contributed by atoms with van der Waals surface area (Å²) in [5.74, 6) is 0.370. The molecule has 7 nitrogen and oxygen atoms in total. The number of amides is 3. The SMILES string of the molecule is Cc1ccccc1OCCCC(=O)NCCNC(=O)C1CC(=O)N(C(C)C)C1. The third-order valence-electron chi connectivity index (χ3n) is 4.80. The fourth-order valence-electron chi connectivity index (χ4n) is 3.16. The first-order valence-corrected chi connectivity index (χ1v) is 9.90. The highest BCUT2D eigenvalue weighted by molar-refractivity contribution is 5.89. The maximum Gasteiger partial charge on any atom is 0.225 e. The number of benzene rings is 1. The Labute approximate surface area is 166 Å². The minimum atomic E-state index is -0.302. The monoisotopic (exact) mass is 389 g/mol. The molecule has 1 saturated heterocycles. The zero-order valence-electron chi connectivity index (χ0n) is 17.0.